The Kier molecular flexibility index (Phi) is 5.43. The van der Waals surface area contributed by atoms with Crippen molar-refractivity contribution >= 4 is 29.3 Å². The minimum atomic E-state index is -0.281. The van der Waals surface area contributed by atoms with Gasteiger partial charge in [0.25, 0.3) is 0 Å². The van der Waals surface area contributed by atoms with Gasteiger partial charge in [0.1, 0.15) is 0 Å². The average Bonchev–Trinajstić information content (AvgIpc) is 3.01. The molecule has 1 heterocycles. The zero-order valence-corrected chi connectivity index (χ0v) is 15.3. The second-order valence-corrected chi connectivity index (χ2v) is 7.08. The van der Waals surface area contributed by atoms with Crippen LogP contribution in [0, 0.1) is 5.92 Å². The van der Waals surface area contributed by atoms with E-state index >= 15 is 0 Å². The third-order valence-corrected chi connectivity index (χ3v) is 5.34. The fourth-order valence-electron chi connectivity index (χ4n) is 3.19. The van der Waals surface area contributed by atoms with Crippen LogP contribution >= 0.6 is 11.8 Å². The molecule has 130 valence electrons. The highest BCUT2D eigenvalue weighted by Crippen LogP contribution is 2.30. The van der Waals surface area contributed by atoms with Crippen molar-refractivity contribution in [2.75, 3.05) is 24.7 Å². The van der Waals surface area contributed by atoms with E-state index in [9.17, 15) is 9.59 Å². The number of amides is 2. The molecule has 25 heavy (non-hydrogen) atoms. The summed E-state index contributed by atoms with van der Waals surface area (Å²) in [6.07, 6.45) is 2.29. The Morgan fingerprint density at radius 3 is 2.56 bits per heavy atom. The molecule has 0 aliphatic carbocycles. The first-order chi connectivity index (χ1) is 12.1. The third kappa shape index (κ3) is 3.87. The maximum absolute atomic E-state index is 12.9. The monoisotopic (exact) mass is 354 g/mol. The Morgan fingerprint density at radius 2 is 1.84 bits per heavy atom. The van der Waals surface area contributed by atoms with Crippen LogP contribution in [0.15, 0.2) is 59.5 Å². The number of thioether (sulfide) groups is 1. The summed E-state index contributed by atoms with van der Waals surface area (Å²) in [6, 6.07) is 17.7. The predicted molar refractivity (Wildman–Crippen MR) is 102 cm³/mol. The van der Waals surface area contributed by atoms with Crippen molar-refractivity contribution in [2.45, 2.75) is 17.9 Å². The van der Waals surface area contributed by atoms with Crippen molar-refractivity contribution in [1.29, 1.82) is 0 Å². The Bertz CT molecular complexity index is 763. The predicted octanol–water partition coefficient (Wildman–Crippen LogP) is 3.42. The lowest BCUT2D eigenvalue weighted by molar-refractivity contribution is -0.128. The van der Waals surface area contributed by atoms with Gasteiger partial charge >= 0.3 is 0 Å². The standard InChI is InChI=1S/C20H22N2O2S/c1-21(17-10-6-7-11-18(17)25-2)20(24)16-12-19(23)22(14-16)13-15-8-4-3-5-9-15/h3-11,16H,12-14H2,1-2H3. The van der Waals surface area contributed by atoms with E-state index in [1.807, 2.05) is 60.9 Å². The second-order valence-electron chi connectivity index (χ2n) is 6.23. The van der Waals surface area contributed by atoms with Gasteiger partial charge in [-0.3, -0.25) is 9.59 Å². The van der Waals surface area contributed by atoms with E-state index in [0.717, 1.165) is 16.1 Å². The molecule has 0 saturated carbocycles. The van der Waals surface area contributed by atoms with E-state index in [1.165, 1.54) is 0 Å². The molecular formula is C20H22N2O2S. The van der Waals surface area contributed by atoms with Crippen molar-refractivity contribution in [1.82, 2.24) is 4.90 Å². The highest BCUT2D eigenvalue weighted by atomic mass is 32.2. The van der Waals surface area contributed by atoms with Crippen LogP contribution in [-0.4, -0.2) is 36.6 Å². The Morgan fingerprint density at radius 1 is 1.16 bits per heavy atom. The fourth-order valence-corrected chi connectivity index (χ4v) is 3.82. The Labute approximate surface area is 152 Å². The van der Waals surface area contributed by atoms with Gasteiger partial charge in [0.15, 0.2) is 0 Å². The number of benzene rings is 2. The Balaban J connectivity index is 1.70. The van der Waals surface area contributed by atoms with Gasteiger partial charge in [-0.1, -0.05) is 42.5 Å². The molecule has 5 heteroatoms. The molecule has 2 aromatic carbocycles. The van der Waals surface area contributed by atoms with Crippen LogP contribution in [0.5, 0.6) is 0 Å². The molecule has 2 aromatic rings. The molecule has 0 radical (unpaired) electrons. The minimum absolute atomic E-state index is 0.00501. The molecule has 0 N–H and O–H groups in total. The zero-order valence-electron chi connectivity index (χ0n) is 14.5. The Hall–Kier alpha value is -2.27. The van der Waals surface area contributed by atoms with Gasteiger partial charge in [0.05, 0.1) is 11.6 Å². The van der Waals surface area contributed by atoms with Crippen LogP contribution in [0.4, 0.5) is 5.69 Å². The normalized spacial score (nSPS) is 17.0. The smallest absolute Gasteiger partial charge is 0.232 e. The maximum Gasteiger partial charge on any atom is 0.232 e. The van der Waals surface area contributed by atoms with Gasteiger partial charge in [-0.05, 0) is 24.0 Å². The van der Waals surface area contributed by atoms with Gasteiger partial charge in [-0.15, -0.1) is 11.8 Å². The van der Waals surface area contributed by atoms with Gasteiger partial charge in [0.2, 0.25) is 11.8 Å². The molecule has 2 amide bonds. The average molecular weight is 354 g/mol. The van der Waals surface area contributed by atoms with Gasteiger partial charge in [0, 0.05) is 31.5 Å². The lowest BCUT2D eigenvalue weighted by Gasteiger charge is -2.23. The van der Waals surface area contributed by atoms with Crippen LogP contribution < -0.4 is 4.90 Å². The number of para-hydroxylation sites is 1. The molecule has 1 fully saturated rings. The van der Waals surface area contributed by atoms with Crippen molar-refractivity contribution in [3.05, 3.63) is 60.2 Å². The highest BCUT2D eigenvalue weighted by Gasteiger charge is 2.36. The lowest BCUT2D eigenvalue weighted by Crippen LogP contribution is -2.34. The van der Waals surface area contributed by atoms with E-state index in [1.54, 1.807) is 28.6 Å². The number of rotatable bonds is 5. The second kappa shape index (κ2) is 7.74. The molecule has 0 spiro atoms. The summed E-state index contributed by atoms with van der Waals surface area (Å²) < 4.78 is 0. The number of likely N-dealkylation sites (tertiary alicyclic amines) is 1. The summed E-state index contributed by atoms with van der Waals surface area (Å²) in [6.45, 7) is 1.05. The number of hydrogen-bond acceptors (Lipinski definition) is 3. The summed E-state index contributed by atoms with van der Waals surface area (Å²) in [5.74, 6) is -0.227. The van der Waals surface area contributed by atoms with Crippen LogP contribution in [0.3, 0.4) is 0 Å². The molecule has 1 aliphatic rings. The molecular weight excluding hydrogens is 332 g/mol. The van der Waals surface area contributed by atoms with Crippen molar-refractivity contribution in [3.63, 3.8) is 0 Å². The number of carbonyl (C=O) groups excluding carboxylic acids is 2. The molecule has 1 aliphatic heterocycles. The summed E-state index contributed by atoms with van der Waals surface area (Å²) in [4.78, 5) is 29.8. The largest absolute Gasteiger partial charge is 0.338 e. The minimum Gasteiger partial charge on any atom is -0.338 e. The first kappa shape index (κ1) is 17.5. The molecule has 1 saturated heterocycles. The van der Waals surface area contributed by atoms with Gasteiger partial charge in [-0.25, -0.2) is 0 Å². The van der Waals surface area contributed by atoms with E-state index in [-0.39, 0.29) is 24.2 Å². The van der Waals surface area contributed by atoms with Crippen LogP contribution in [0.25, 0.3) is 0 Å². The number of anilines is 1. The lowest BCUT2D eigenvalue weighted by atomic mass is 10.1. The summed E-state index contributed by atoms with van der Waals surface area (Å²) in [5.41, 5.74) is 1.99. The molecule has 0 bridgehead atoms. The van der Waals surface area contributed by atoms with E-state index in [4.69, 9.17) is 0 Å². The zero-order chi connectivity index (χ0) is 17.8. The molecule has 4 nitrogen and oxygen atoms in total. The SMILES string of the molecule is CSc1ccccc1N(C)C(=O)C1CC(=O)N(Cc2ccccc2)C1. The molecule has 1 unspecified atom stereocenters. The first-order valence-corrected chi connectivity index (χ1v) is 9.55. The molecule has 0 aromatic heterocycles. The van der Waals surface area contributed by atoms with Crippen LogP contribution in [0.1, 0.15) is 12.0 Å². The molecule has 1 atom stereocenters. The van der Waals surface area contributed by atoms with E-state index in [2.05, 4.69) is 0 Å². The number of nitrogens with zero attached hydrogens (tertiary/aromatic N) is 2. The topological polar surface area (TPSA) is 40.6 Å². The summed E-state index contributed by atoms with van der Waals surface area (Å²) in [7, 11) is 1.79. The van der Waals surface area contributed by atoms with Crippen LogP contribution in [-0.2, 0) is 16.1 Å². The third-order valence-electron chi connectivity index (χ3n) is 4.56. The first-order valence-electron chi connectivity index (χ1n) is 8.32. The summed E-state index contributed by atoms with van der Waals surface area (Å²) >= 11 is 1.62. The highest BCUT2D eigenvalue weighted by molar-refractivity contribution is 7.98. The van der Waals surface area contributed by atoms with E-state index in [0.29, 0.717) is 13.1 Å². The van der Waals surface area contributed by atoms with Crippen molar-refractivity contribution in [3.8, 4) is 0 Å². The quantitative estimate of drug-likeness (QED) is 0.773. The van der Waals surface area contributed by atoms with Crippen LogP contribution in [0.2, 0.25) is 0 Å². The summed E-state index contributed by atoms with van der Waals surface area (Å²) in [5, 5.41) is 0. The maximum atomic E-state index is 12.9. The fraction of sp³-hybridized carbons (Fsp3) is 0.300. The van der Waals surface area contributed by atoms with E-state index < -0.39 is 0 Å². The molecule has 3 rings (SSSR count). The van der Waals surface area contributed by atoms with Crippen molar-refractivity contribution in [2.24, 2.45) is 5.92 Å². The number of hydrogen-bond donors (Lipinski definition) is 0. The van der Waals surface area contributed by atoms with Crippen molar-refractivity contribution < 1.29 is 9.59 Å². The number of carbonyl (C=O) groups is 2. The van der Waals surface area contributed by atoms with Gasteiger partial charge < -0.3 is 9.80 Å². The van der Waals surface area contributed by atoms with Gasteiger partial charge in [-0.2, -0.15) is 0 Å².